The Labute approximate surface area is 296 Å². The molecule has 0 aliphatic heterocycles. The van der Waals surface area contributed by atoms with Gasteiger partial charge in [0.05, 0.1) is 0 Å². The molecule has 0 atom stereocenters. The first-order chi connectivity index (χ1) is 23.1. The maximum Gasteiger partial charge on any atom is 0.0345 e. The Balaban J connectivity index is 1.50. The van der Waals surface area contributed by atoms with E-state index in [0.717, 1.165) is 0 Å². The standard InChI is InChI=1S/C45H62S2/c1-5-9-13-17-21-35-29-43(46-33-35)37-23-25-39-40-26-24-38(44-30-36(34-47-44)22-18-14-10-6-2)32-42(40)45(41(39)31-37,27-19-15-11-7-3)28-20-16-12-8-4/h23-26,29-34H,5-22,27-28H2,1-4H3. The minimum Gasteiger partial charge on any atom is -0.144 e. The van der Waals surface area contributed by atoms with E-state index in [-0.39, 0.29) is 5.41 Å². The third-order valence-corrected chi connectivity index (χ3v) is 12.8. The summed E-state index contributed by atoms with van der Waals surface area (Å²) >= 11 is 3.91. The smallest absolute Gasteiger partial charge is 0.0345 e. The van der Waals surface area contributed by atoms with Gasteiger partial charge < -0.3 is 0 Å². The van der Waals surface area contributed by atoms with Crippen LogP contribution in [0, 0.1) is 0 Å². The second kappa shape index (κ2) is 18.6. The minimum atomic E-state index is 0.110. The van der Waals surface area contributed by atoms with Crippen LogP contribution in [0.1, 0.15) is 166 Å². The van der Waals surface area contributed by atoms with Crippen molar-refractivity contribution in [2.24, 2.45) is 0 Å². The molecule has 47 heavy (non-hydrogen) atoms. The number of unbranched alkanes of at least 4 members (excludes halogenated alkanes) is 12. The number of hydrogen-bond donors (Lipinski definition) is 0. The topological polar surface area (TPSA) is 0 Å². The molecule has 0 unspecified atom stereocenters. The highest BCUT2D eigenvalue weighted by Crippen LogP contribution is 2.56. The minimum absolute atomic E-state index is 0.110. The molecular formula is C45H62S2. The molecule has 0 nitrogen and oxygen atoms in total. The van der Waals surface area contributed by atoms with Gasteiger partial charge in [-0.3, -0.25) is 0 Å². The van der Waals surface area contributed by atoms with Crippen LogP contribution in [0.2, 0.25) is 0 Å². The number of fused-ring (bicyclic) bond motifs is 3. The summed E-state index contributed by atoms with van der Waals surface area (Å²) in [5, 5.41) is 4.86. The molecule has 0 saturated heterocycles. The molecule has 254 valence electrons. The molecule has 2 aromatic heterocycles. The van der Waals surface area contributed by atoms with Crippen molar-refractivity contribution < 1.29 is 0 Å². The average molecular weight is 667 g/mol. The molecule has 0 radical (unpaired) electrons. The van der Waals surface area contributed by atoms with Gasteiger partial charge in [-0.1, -0.05) is 142 Å². The van der Waals surface area contributed by atoms with Crippen molar-refractivity contribution in [3.8, 4) is 32.0 Å². The summed E-state index contributed by atoms with van der Waals surface area (Å²) in [6, 6.07) is 20.1. The van der Waals surface area contributed by atoms with Crippen LogP contribution in [-0.2, 0) is 18.3 Å². The molecule has 0 bridgehead atoms. The van der Waals surface area contributed by atoms with Gasteiger partial charge in [-0.2, -0.15) is 0 Å². The molecule has 2 heterocycles. The van der Waals surface area contributed by atoms with Crippen LogP contribution in [-0.4, -0.2) is 0 Å². The molecule has 2 aromatic carbocycles. The lowest BCUT2D eigenvalue weighted by atomic mass is 9.70. The first kappa shape index (κ1) is 36.1. The highest BCUT2D eigenvalue weighted by atomic mass is 32.1. The molecule has 0 spiro atoms. The van der Waals surface area contributed by atoms with E-state index < -0.39 is 0 Å². The first-order valence-corrected chi connectivity index (χ1v) is 21.3. The van der Waals surface area contributed by atoms with E-state index in [1.807, 2.05) is 22.7 Å². The van der Waals surface area contributed by atoms with E-state index in [9.17, 15) is 0 Å². The average Bonchev–Trinajstić information content (AvgIpc) is 3.83. The Morgan fingerprint density at radius 3 is 1.26 bits per heavy atom. The largest absolute Gasteiger partial charge is 0.144 e. The molecule has 0 amide bonds. The molecule has 2 heteroatoms. The zero-order valence-electron chi connectivity index (χ0n) is 30.2. The summed E-state index contributed by atoms with van der Waals surface area (Å²) in [7, 11) is 0. The van der Waals surface area contributed by atoms with Gasteiger partial charge in [0, 0.05) is 15.2 Å². The van der Waals surface area contributed by atoms with Crippen LogP contribution in [0.3, 0.4) is 0 Å². The summed E-state index contributed by atoms with van der Waals surface area (Å²) in [6.07, 6.45) is 26.2. The van der Waals surface area contributed by atoms with Crippen molar-refractivity contribution in [2.45, 2.75) is 162 Å². The van der Waals surface area contributed by atoms with Crippen molar-refractivity contribution in [1.82, 2.24) is 0 Å². The summed E-state index contributed by atoms with van der Waals surface area (Å²) in [5.41, 5.74) is 12.3. The third kappa shape index (κ3) is 9.10. The highest BCUT2D eigenvalue weighted by Gasteiger charge is 2.42. The van der Waals surface area contributed by atoms with E-state index in [1.54, 1.807) is 11.1 Å². The Kier molecular flexibility index (Phi) is 14.3. The van der Waals surface area contributed by atoms with Crippen LogP contribution in [0.25, 0.3) is 32.0 Å². The zero-order chi connectivity index (χ0) is 32.9. The maximum atomic E-state index is 2.64. The van der Waals surface area contributed by atoms with Crippen molar-refractivity contribution in [3.05, 3.63) is 81.5 Å². The van der Waals surface area contributed by atoms with E-state index >= 15 is 0 Å². The first-order valence-electron chi connectivity index (χ1n) is 19.6. The maximum absolute atomic E-state index is 2.64. The Hall–Kier alpha value is -2.16. The normalized spacial score (nSPS) is 13.3. The number of thiophene rings is 2. The molecule has 1 aliphatic carbocycles. The fraction of sp³-hybridized carbons (Fsp3) is 0.556. The molecule has 5 rings (SSSR count). The monoisotopic (exact) mass is 666 g/mol. The van der Waals surface area contributed by atoms with Gasteiger partial charge in [-0.25, -0.2) is 0 Å². The van der Waals surface area contributed by atoms with E-state index in [0.29, 0.717) is 0 Å². The van der Waals surface area contributed by atoms with Gasteiger partial charge in [-0.05, 0) is 118 Å². The van der Waals surface area contributed by atoms with Crippen molar-refractivity contribution in [2.75, 3.05) is 0 Å². The summed E-state index contributed by atoms with van der Waals surface area (Å²) in [5.74, 6) is 0. The Bertz CT molecular complexity index is 1390. The fourth-order valence-electron chi connectivity index (χ4n) is 8.00. The lowest BCUT2D eigenvalue weighted by Gasteiger charge is -2.33. The van der Waals surface area contributed by atoms with E-state index in [1.165, 1.54) is 172 Å². The number of aryl methyl sites for hydroxylation is 2. The fourth-order valence-corrected chi connectivity index (χ4v) is 9.89. The van der Waals surface area contributed by atoms with E-state index in [2.05, 4.69) is 87.0 Å². The van der Waals surface area contributed by atoms with Gasteiger partial charge >= 0.3 is 0 Å². The van der Waals surface area contributed by atoms with Gasteiger partial charge in [0.2, 0.25) is 0 Å². The second-order valence-corrected chi connectivity index (χ2v) is 16.3. The van der Waals surface area contributed by atoms with Crippen molar-refractivity contribution in [1.29, 1.82) is 0 Å². The SMILES string of the molecule is CCCCCCc1csc(-c2ccc3c(c2)C(CCCCCC)(CCCCCC)c2cc(-c4cc(CCCCCC)cs4)ccc2-3)c1. The van der Waals surface area contributed by atoms with Crippen LogP contribution in [0.15, 0.2) is 59.3 Å². The van der Waals surface area contributed by atoms with Crippen molar-refractivity contribution >= 4 is 22.7 Å². The molecular weight excluding hydrogens is 605 g/mol. The van der Waals surface area contributed by atoms with Gasteiger partial charge in [0.25, 0.3) is 0 Å². The van der Waals surface area contributed by atoms with Crippen LogP contribution in [0.5, 0.6) is 0 Å². The van der Waals surface area contributed by atoms with Crippen LogP contribution in [0.4, 0.5) is 0 Å². The molecule has 0 saturated carbocycles. The van der Waals surface area contributed by atoms with E-state index in [4.69, 9.17) is 0 Å². The number of rotatable bonds is 22. The lowest BCUT2D eigenvalue weighted by Crippen LogP contribution is -2.25. The summed E-state index contributed by atoms with van der Waals surface area (Å²) < 4.78 is 0. The highest BCUT2D eigenvalue weighted by molar-refractivity contribution is 7.14. The molecule has 1 aliphatic rings. The van der Waals surface area contributed by atoms with Gasteiger partial charge in [0.15, 0.2) is 0 Å². The Morgan fingerprint density at radius 1 is 0.447 bits per heavy atom. The quantitative estimate of drug-likeness (QED) is 0.0732. The predicted octanol–water partition coefficient (Wildman–Crippen LogP) is 15.6. The van der Waals surface area contributed by atoms with Crippen molar-refractivity contribution in [3.63, 3.8) is 0 Å². The molecule has 0 N–H and O–H groups in total. The molecule has 4 aromatic rings. The van der Waals surface area contributed by atoms with Gasteiger partial charge in [-0.15, -0.1) is 22.7 Å². The Morgan fingerprint density at radius 2 is 0.851 bits per heavy atom. The van der Waals surface area contributed by atoms with Gasteiger partial charge in [0.1, 0.15) is 0 Å². The zero-order valence-corrected chi connectivity index (χ0v) is 31.9. The lowest BCUT2D eigenvalue weighted by molar-refractivity contribution is 0.401. The number of benzene rings is 2. The second-order valence-electron chi connectivity index (χ2n) is 14.5. The summed E-state index contributed by atoms with van der Waals surface area (Å²) in [6.45, 7) is 9.30. The van der Waals surface area contributed by atoms with Crippen LogP contribution < -0.4 is 0 Å². The predicted molar refractivity (Wildman–Crippen MR) is 212 cm³/mol. The van der Waals surface area contributed by atoms with Crippen LogP contribution >= 0.6 is 22.7 Å². The summed E-state index contributed by atoms with van der Waals surface area (Å²) in [4.78, 5) is 2.90. The molecule has 0 fully saturated rings. The third-order valence-electron chi connectivity index (χ3n) is 10.8. The number of hydrogen-bond acceptors (Lipinski definition) is 2.